The maximum atomic E-state index is 12.0. The highest BCUT2D eigenvalue weighted by Crippen LogP contribution is 2.22. The molecule has 6 nitrogen and oxygen atoms in total. The van der Waals surface area contributed by atoms with Gasteiger partial charge in [0.1, 0.15) is 0 Å². The number of anilines is 2. The zero-order valence-electron chi connectivity index (χ0n) is 15.9. The van der Waals surface area contributed by atoms with Gasteiger partial charge in [-0.3, -0.25) is 14.4 Å². The van der Waals surface area contributed by atoms with Crippen molar-refractivity contribution >= 4 is 52.5 Å². The molecule has 0 aromatic heterocycles. The fraction of sp³-hybridized carbons (Fsp3) is 0.250. The molecule has 0 fully saturated rings. The van der Waals surface area contributed by atoms with Gasteiger partial charge in [-0.2, -0.15) is 0 Å². The SMILES string of the molecule is Cc1ccc(NC(=O)CSCC(=O)Nc2ccc(C(=O)N(C)C)c(Cl)c2)cc1. The van der Waals surface area contributed by atoms with Gasteiger partial charge in [-0.1, -0.05) is 29.3 Å². The van der Waals surface area contributed by atoms with E-state index in [1.165, 1.54) is 22.7 Å². The molecule has 0 spiro atoms. The van der Waals surface area contributed by atoms with E-state index in [1.807, 2.05) is 31.2 Å². The molecule has 0 aliphatic rings. The highest BCUT2D eigenvalue weighted by molar-refractivity contribution is 8.00. The van der Waals surface area contributed by atoms with E-state index in [0.717, 1.165) is 11.3 Å². The Morgan fingerprint density at radius 1 is 0.929 bits per heavy atom. The number of aryl methyl sites for hydroxylation is 1. The topological polar surface area (TPSA) is 78.5 Å². The highest BCUT2D eigenvalue weighted by Gasteiger charge is 2.13. The van der Waals surface area contributed by atoms with Gasteiger partial charge < -0.3 is 15.5 Å². The average Bonchev–Trinajstić information content (AvgIpc) is 2.63. The fourth-order valence-corrected chi connectivity index (χ4v) is 3.15. The lowest BCUT2D eigenvalue weighted by atomic mass is 10.2. The molecule has 0 atom stereocenters. The minimum Gasteiger partial charge on any atom is -0.345 e. The van der Waals surface area contributed by atoms with E-state index < -0.39 is 0 Å². The van der Waals surface area contributed by atoms with Crippen LogP contribution in [0.5, 0.6) is 0 Å². The molecule has 2 aromatic carbocycles. The molecule has 28 heavy (non-hydrogen) atoms. The van der Waals surface area contributed by atoms with Crippen LogP contribution in [0.2, 0.25) is 5.02 Å². The molecule has 0 heterocycles. The third-order valence-corrected chi connectivity index (χ3v) is 4.94. The van der Waals surface area contributed by atoms with Crippen molar-refractivity contribution < 1.29 is 14.4 Å². The van der Waals surface area contributed by atoms with Gasteiger partial charge >= 0.3 is 0 Å². The van der Waals surface area contributed by atoms with Crippen molar-refractivity contribution in [2.24, 2.45) is 0 Å². The molecule has 0 aliphatic carbocycles. The lowest BCUT2D eigenvalue weighted by Crippen LogP contribution is -2.22. The van der Waals surface area contributed by atoms with E-state index in [1.54, 1.807) is 26.2 Å². The molecule has 2 aromatic rings. The third kappa shape index (κ3) is 6.58. The number of amides is 3. The fourth-order valence-electron chi connectivity index (χ4n) is 2.27. The van der Waals surface area contributed by atoms with Crippen molar-refractivity contribution in [3.63, 3.8) is 0 Å². The van der Waals surface area contributed by atoms with E-state index in [0.29, 0.717) is 11.3 Å². The third-order valence-electron chi connectivity index (χ3n) is 3.69. The van der Waals surface area contributed by atoms with Crippen LogP contribution in [-0.4, -0.2) is 48.2 Å². The predicted molar refractivity (Wildman–Crippen MR) is 115 cm³/mol. The monoisotopic (exact) mass is 419 g/mol. The molecule has 8 heteroatoms. The normalized spacial score (nSPS) is 10.3. The molecule has 2 rings (SSSR count). The lowest BCUT2D eigenvalue weighted by molar-refractivity contribution is -0.114. The second-order valence-electron chi connectivity index (χ2n) is 6.35. The average molecular weight is 420 g/mol. The number of carbonyl (C=O) groups is 3. The zero-order chi connectivity index (χ0) is 20.7. The first kappa shape index (κ1) is 21.8. The Morgan fingerprint density at radius 2 is 1.46 bits per heavy atom. The molecule has 3 amide bonds. The number of benzene rings is 2. The van der Waals surface area contributed by atoms with Crippen LogP contribution < -0.4 is 10.6 Å². The van der Waals surface area contributed by atoms with Gasteiger partial charge in [0.15, 0.2) is 0 Å². The number of hydrogen-bond donors (Lipinski definition) is 2. The van der Waals surface area contributed by atoms with Crippen LogP contribution in [0, 0.1) is 6.92 Å². The number of halogens is 1. The van der Waals surface area contributed by atoms with Gasteiger partial charge in [0.05, 0.1) is 22.1 Å². The van der Waals surface area contributed by atoms with E-state index in [4.69, 9.17) is 11.6 Å². The van der Waals surface area contributed by atoms with Gasteiger partial charge in [0.25, 0.3) is 5.91 Å². The number of rotatable bonds is 7. The Balaban J connectivity index is 1.79. The largest absolute Gasteiger partial charge is 0.345 e. The number of nitrogens with one attached hydrogen (secondary N) is 2. The summed E-state index contributed by atoms with van der Waals surface area (Å²) in [6, 6.07) is 12.2. The summed E-state index contributed by atoms with van der Waals surface area (Å²) < 4.78 is 0. The molecule has 0 bridgehead atoms. The molecule has 0 saturated carbocycles. The Bertz CT molecular complexity index is 869. The van der Waals surface area contributed by atoms with Crippen molar-refractivity contribution in [3.8, 4) is 0 Å². The second kappa shape index (κ2) is 10.1. The van der Waals surface area contributed by atoms with Crippen LogP contribution in [-0.2, 0) is 9.59 Å². The lowest BCUT2D eigenvalue weighted by Gasteiger charge is -2.12. The summed E-state index contributed by atoms with van der Waals surface area (Å²) in [4.78, 5) is 37.4. The quantitative estimate of drug-likeness (QED) is 0.717. The second-order valence-corrected chi connectivity index (χ2v) is 7.74. The van der Waals surface area contributed by atoms with Crippen molar-refractivity contribution in [3.05, 3.63) is 58.6 Å². The minimum absolute atomic E-state index is 0.122. The zero-order valence-corrected chi connectivity index (χ0v) is 17.5. The summed E-state index contributed by atoms with van der Waals surface area (Å²) in [6.07, 6.45) is 0. The summed E-state index contributed by atoms with van der Waals surface area (Å²) in [5.74, 6) is -0.347. The Kier molecular flexibility index (Phi) is 7.90. The summed E-state index contributed by atoms with van der Waals surface area (Å²) in [6.45, 7) is 1.97. The van der Waals surface area contributed by atoms with Crippen LogP contribution in [0.15, 0.2) is 42.5 Å². The standard InChI is InChI=1S/C20H22ClN3O3S/c1-13-4-6-14(7-5-13)22-18(25)11-28-12-19(26)23-15-8-9-16(17(21)10-15)20(27)24(2)3/h4-10H,11-12H2,1-3H3,(H,22,25)(H,23,26). The van der Waals surface area contributed by atoms with Gasteiger partial charge in [-0.05, 0) is 37.3 Å². The van der Waals surface area contributed by atoms with Crippen molar-refractivity contribution in [1.29, 1.82) is 0 Å². The Hall–Kier alpha value is -2.51. The molecule has 0 unspecified atom stereocenters. The smallest absolute Gasteiger partial charge is 0.254 e. The molecule has 2 N–H and O–H groups in total. The maximum absolute atomic E-state index is 12.0. The molecule has 0 radical (unpaired) electrons. The highest BCUT2D eigenvalue weighted by atomic mass is 35.5. The van der Waals surface area contributed by atoms with Crippen LogP contribution in [0.3, 0.4) is 0 Å². The van der Waals surface area contributed by atoms with Crippen LogP contribution in [0.4, 0.5) is 11.4 Å². The van der Waals surface area contributed by atoms with Gasteiger partial charge in [0.2, 0.25) is 11.8 Å². The van der Waals surface area contributed by atoms with Crippen LogP contribution in [0.25, 0.3) is 0 Å². The number of nitrogens with zero attached hydrogens (tertiary/aromatic N) is 1. The molecule has 0 aliphatic heterocycles. The van der Waals surface area contributed by atoms with E-state index in [9.17, 15) is 14.4 Å². The predicted octanol–water partition coefficient (Wildman–Crippen LogP) is 3.66. The molecule has 0 saturated heterocycles. The first-order valence-corrected chi connectivity index (χ1v) is 10.0. The molecular weight excluding hydrogens is 398 g/mol. The van der Waals surface area contributed by atoms with Crippen molar-refractivity contribution in [1.82, 2.24) is 4.90 Å². The maximum Gasteiger partial charge on any atom is 0.254 e. The van der Waals surface area contributed by atoms with Crippen LogP contribution >= 0.6 is 23.4 Å². The number of hydrogen-bond acceptors (Lipinski definition) is 4. The van der Waals surface area contributed by atoms with E-state index in [-0.39, 0.29) is 34.2 Å². The first-order chi connectivity index (χ1) is 13.3. The summed E-state index contributed by atoms with van der Waals surface area (Å²) in [7, 11) is 3.28. The van der Waals surface area contributed by atoms with Crippen LogP contribution in [0.1, 0.15) is 15.9 Å². The van der Waals surface area contributed by atoms with E-state index in [2.05, 4.69) is 10.6 Å². The van der Waals surface area contributed by atoms with Crippen molar-refractivity contribution in [2.75, 3.05) is 36.2 Å². The van der Waals surface area contributed by atoms with Gasteiger partial charge in [-0.15, -0.1) is 11.8 Å². The summed E-state index contributed by atoms with van der Waals surface area (Å²) >= 11 is 7.34. The molecule has 148 valence electrons. The minimum atomic E-state index is -0.254. The number of thioether (sulfide) groups is 1. The van der Waals surface area contributed by atoms with Gasteiger partial charge in [-0.25, -0.2) is 0 Å². The Labute approximate surface area is 173 Å². The van der Waals surface area contributed by atoms with Gasteiger partial charge in [0, 0.05) is 25.5 Å². The summed E-state index contributed by atoms with van der Waals surface area (Å²) in [5.41, 5.74) is 2.70. The van der Waals surface area contributed by atoms with E-state index >= 15 is 0 Å². The van der Waals surface area contributed by atoms with Crippen molar-refractivity contribution in [2.45, 2.75) is 6.92 Å². The summed E-state index contributed by atoms with van der Waals surface area (Å²) in [5, 5.41) is 5.75. The Morgan fingerprint density at radius 3 is 2.00 bits per heavy atom. The number of carbonyl (C=O) groups excluding carboxylic acids is 3. The molecular formula is C20H22ClN3O3S. The first-order valence-electron chi connectivity index (χ1n) is 8.51.